The Balaban J connectivity index is 3.21. The summed E-state index contributed by atoms with van der Waals surface area (Å²) in [7, 11) is 0. The summed E-state index contributed by atoms with van der Waals surface area (Å²) in [6.07, 6.45) is 3.81. The van der Waals surface area contributed by atoms with E-state index in [1.165, 1.54) is 6.26 Å². The van der Waals surface area contributed by atoms with Crippen molar-refractivity contribution in [3.63, 3.8) is 0 Å². The van der Waals surface area contributed by atoms with Gasteiger partial charge in [-0.1, -0.05) is 19.8 Å². The van der Waals surface area contributed by atoms with Gasteiger partial charge < -0.3 is 16.4 Å². The molecule has 6 nitrogen and oxygen atoms in total. The second kappa shape index (κ2) is 9.88. The zero-order chi connectivity index (χ0) is 11.5. The van der Waals surface area contributed by atoms with E-state index < -0.39 is 6.17 Å². The van der Waals surface area contributed by atoms with Gasteiger partial charge in [-0.3, -0.25) is 0 Å². The largest absolute Gasteiger partial charge is 0.314 e. The van der Waals surface area contributed by atoms with Gasteiger partial charge in [-0.15, -0.1) is 0 Å². The van der Waals surface area contributed by atoms with E-state index >= 15 is 0 Å². The van der Waals surface area contributed by atoms with Gasteiger partial charge in [0.2, 0.25) is 0 Å². The van der Waals surface area contributed by atoms with Crippen LogP contribution < -0.4 is 11.5 Å². The summed E-state index contributed by atoms with van der Waals surface area (Å²) >= 11 is 0. The molecule has 0 rings (SSSR count). The van der Waals surface area contributed by atoms with E-state index in [1.807, 2.05) is 0 Å². The number of nitrogens with two attached hydrogens (primary N) is 2. The fraction of sp³-hybridized carbons (Fsp3) is 0.778. The molecule has 4 N–H and O–H groups in total. The summed E-state index contributed by atoms with van der Waals surface area (Å²) in [6.45, 7) is 4.27. The average Bonchev–Trinajstić information content (AvgIpc) is 2.21. The first-order valence-electron chi connectivity index (χ1n) is 4.98. The normalized spacial score (nSPS) is 12.2. The lowest BCUT2D eigenvalue weighted by molar-refractivity contribution is -0.621. The van der Waals surface area contributed by atoms with Gasteiger partial charge in [0.25, 0.3) is 0 Å². The van der Waals surface area contributed by atoms with Crippen molar-refractivity contribution in [2.24, 2.45) is 11.5 Å². The lowest BCUT2D eigenvalue weighted by Gasteiger charge is -2.04. The van der Waals surface area contributed by atoms with Gasteiger partial charge in [-0.05, 0) is 24.0 Å². The molecule has 0 aromatic heterocycles. The van der Waals surface area contributed by atoms with Gasteiger partial charge in [-0.25, -0.2) is 4.89 Å². The maximum atomic E-state index is 5.33. The Morgan fingerprint density at radius 1 is 1.27 bits per heavy atom. The monoisotopic (exact) mass is 220 g/mol. The molecule has 0 aromatic carbocycles. The molecule has 0 bridgehead atoms. The van der Waals surface area contributed by atoms with Crippen molar-refractivity contribution in [3.05, 3.63) is 11.8 Å². The standard InChI is InChI=1S/C9H20N2O4/c1-3-4-5-6-12-14-15-13-7-8(2)9(10)11/h7,9H,3-6,10-11H2,1-2H3. The molecule has 15 heavy (non-hydrogen) atoms. The first-order valence-corrected chi connectivity index (χ1v) is 4.98. The van der Waals surface area contributed by atoms with Crippen LogP contribution in [0, 0.1) is 0 Å². The summed E-state index contributed by atoms with van der Waals surface area (Å²) in [5.41, 5.74) is 11.3. The summed E-state index contributed by atoms with van der Waals surface area (Å²) in [5.74, 6) is 0. The molecule has 90 valence electrons. The smallest absolute Gasteiger partial charge is 0.134 e. The van der Waals surface area contributed by atoms with E-state index in [2.05, 4.69) is 26.8 Å². The molecule has 0 heterocycles. The molecular weight excluding hydrogens is 200 g/mol. The van der Waals surface area contributed by atoms with Crippen molar-refractivity contribution in [2.75, 3.05) is 6.61 Å². The second-order valence-corrected chi connectivity index (χ2v) is 3.15. The Bertz CT molecular complexity index is 173. The Morgan fingerprint density at radius 3 is 2.60 bits per heavy atom. The molecule has 0 fully saturated rings. The minimum atomic E-state index is -0.570. The molecule has 0 aliphatic heterocycles. The van der Waals surface area contributed by atoms with Crippen molar-refractivity contribution in [3.8, 4) is 0 Å². The molecule has 0 amide bonds. The molecule has 0 aliphatic rings. The second-order valence-electron chi connectivity index (χ2n) is 3.15. The fourth-order valence-corrected chi connectivity index (χ4v) is 0.655. The number of unbranched alkanes of at least 4 members (excludes halogenated alkanes) is 2. The van der Waals surface area contributed by atoms with Crippen LogP contribution in [0.25, 0.3) is 0 Å². The van der Waals surface area contributed by atoms with E-state index in [9.17, 15) is 0 Å². The van der Waals surface area contributed by atoms with Crippen molar-refractivity contribution in [2.45, 2.75) is 39.3 Å². The van der Waals surface area contributed by atoms with Crippen LogP contribution in [0.4, 0.5) is 0 Å². The van der Waals surface area contributed by atoms with E-state index in [1.54, 1.807) is 6.92 Å². The fourth-order valence-electron chi connectivity index (χ4n) is 0.655. The molecule has 6 heteroatoms. The van der Waals surface area contributed by atoms with E-state index in [0.717, 1.165) is 19.3 Å². The van der Waals surface area contributed by atoms with E-state index in [4.69, 9.17) is 11.5 Å². The van der Waals surface area contributed by atoms with Crippen molar-refractivity contribution in [1.82, 2.24) is 0 Å². The van der Waals surface area contributed by atoms with Crippen molar-refractivity contribution < 1.29 is 19.9 Å². The third-order valence-corrected chi connectivity index (χ3v) is 1.71. The van der Waals surface area contributed by atoms with Gasteiger partial charge in [0.05, 0.1) is 12.8 Å². The molecule has 0 spiro atoms. The van der Waals surface area contributed by atoms with Crippen molar-refractivity contribution >= 4 is 0 Å². The minimum absolute atomic E-state index is 0.469. The zero-order valence-corrected chi connectivity index (χ0v) is 9.27. The van der Waals surface area contributed by atoms with Crippen LogP contribution in [0.2, 0.25) is 0 Å². The maximum Gasteiger partial charge on any atom is 0.134 e. The third-order valence-electron chi connectivity index (χ3n) is 1.71. The number of hydrogen-bond donors (Lipinski definition) is 2. The summed E-state index contributed by atoms with van der Waals surface area (Å²) in [6, 6.07) is 0. The topological polar surface area (TPSA) is 89.0 Å². The molecule has 0 saturated carbocycles. The van der Waals surface area contributed by atoms with E-state index in [-0.39, 0.29) is 0 Å². The Morgan fingerprint density at radius 2 is 2.00 bits per heavy atom. The van der Waals surface area contributed by atoms with Gasteiger partial charge >= 0.3 is 0 Å². The lowest BCUT2D eigenvalue weighted by atomic mass is 10.3. The van der Waals surface area contributed by atoms with Crippen LogP contribution in [0.1, 0.15) is 33.1 Å². The molecule has 0 saturated heterocycles. The minimum Gasteiger partial charge on any atom is -0.314 e. The van der Waals surface area contributed by atoms with Gasteiger partial charge in [0.15, 0.2) is 0 Å². The highest BCUT2D eigenvalue weighted by Gasteiger charge is 1.97. The summed E-state index contributed by atoms with van der Waals surface area (Å²) in [5, 5.41) is 8.49. The SMILES string of the molecule is CCCCCOOOOC=C(C)C(N)N. The first-order chi connectivity index (χ1) is 7.18. The van der Waals surface area contributed by atoms with Crippen molar-refractivity contribution in [1.29, 1.82) is 0 Å². The average molecular weight is 220 g/mol. The van der Waals surface area contributed by atoms with Gasteiger partial charge in [0.1, 0.15) is 6.26 Å². The Kier molecular flexibility index (Phi) is 9.44. The predicted octanol–water partition coefficient (Wildman–Crippen LogP) is 1.14. The highest BCUT2D eigenvalue weighted by Crippen LogP contribution is 1.97. The van der Waals surface area contributed by atoms with Crippen LogP contribution in [0.15, 0.2) is 11.8 Å². The summed E-state index contributed by atoms with van der Waals surface area (Å²) < 4.78 is 0. The van der Waals surface area contributed by atoms with Crippen LogP contribution in [-0.4, -0.2) is 12.8 Å². The molecule has 0 aromatic rings. The third kappa shape index (κ3) is 9.64. The van der Waals surface area contributed by atoms with Crippen LogP contribution in [-0.2, 0) is 19.9 Å². The molecule has 0 aliphatic carbocycles. The highest BCUT2D eigenvalue weighted by molar-refractivity contribution is 4.99. The van der Waals surface area contributed by atoms with E-state index in [0.29, 0.717) is 12.2 Å². The van der Waals surface area contributed by atoms with Gasteiger partial charge in [0, 0.05) is 5.04 Å². The highest BCUT2D eigenvalue weighted by atomic mass is 17.7. The molecule has 0 atom stereocenters. The first kappa shape index (κ1) is 14.3. The van der Waals surface area contributed by atoms with Crippen LogP contribution in [0.3, 0.4) is 0 Å². The van der Waals surface area contributed by atoms with Gasteiger partial charge in [-0.2, -0.15) is 0 Å². The quantitative estimate of drug-likeness (QED) is 0.199. The predicted molar refractivity (Wildman–Crippen MR) is 54.7 cm³/mol. The van der Waals surface area contributed by atoms with Crippen LogP contribution in [0.5, 0.6) is 0 Å². The molecule has 0 radical (unpaired) electrons. The lowest BCUT2D eigenvalue weighted by Crippen LogP contribution is -2.31. The van der Waals surface area contributed by atoms with Crippen LogP contribution >= 0.6 is 0 Å². The molecule has 0 unspecified atom stereocenters. The molecular formula is C9H20N2O4. The number of hydrogen-bond acceptors (Lipinski definition) is 6. The summed E-state index contributed by atoms with van der Waals surface area (Å²) in [4.78, 5) is 9.13. The maximum absolute atomic E-state index is 5.33. The Labute approximate surface area is 89.9 Å². The number of rotatable bonds is 9. The Hall–Kier alpha value is -0.660. The zero-order valence-electron chi connectivity index (χ0n) is 9.27.